The van der Waals surface area contributed by atoms with Crippen molar-refractivity contribution in [3.8, 4) is 0 Å². The topological polar surface area (TPSA) is 0 Å². The molecule has 0 aromatic carbocycles. The molecule has 0 nitrogen and oxygen atoms in total. The number of allylic oxidation sites excluding steroid dienone is 7. The van der Waals surface area contributed by atoms with Crippen LogP contribution in [0.15, 0.2) is 60.8 Å². The molecule has 2 bridgehead atoms. The molecule has 2 fully saturated rings. The molecule has 0 amide bonds. The van der Waals surface area contributed by atoms with Crippen molar-refractivity contribution in [2.75, 3.05) is 0 Å². The largest absolute Gasteiger partial charge is 0.102 e. The monoisotopic (exact) mass is 264 g/mol. The Kier molecular flexibility index (Phi) is 2.28. The van der Waals surface area contributed by atoms with Gasteiger partial charge in [-0.2, -0.15) is 0 Å². The van der Waals surface area contributed by atoms with Crippen LogP contribution in [0, 0.1) is 16.2 Å². The second-order valence-corrected chi connectivity index (χ2v) is 7.13. The van der Waals surface area contributed by atoms with E-state index < -0.39 is 0 Å². The zero-order valence-corrected chi connectivity index (χ0v) is 12.4. The van der Waals surface area contributed by atoms with Crippen molar-refractivity contribution in [2.24, 2.45) is 16.2 Å². The van der Waals surface area contributed by atoms with Gasteiger partial charge in [-0.3, -0.25) is 0 Å². The van der Waals surface area contributed by atoms with Crippen LogP contribution in [0.2, 0.25) is 0 Å². The number of hydrogen-bond acceptors (Lipinski definition) is 0. The van der Waals surface area contributed by atoms with Gasteiger partial charge in [-0.15, -0.1) is 13.2 Å². The van der Waals surface area contributed by atoms with Crippen LogP contribution in [0.3, 0.4) is 0 Å². The number of hydrogen-bond donors (Lipinski definition) is 0. The third-order valence-corrected chi connectivity index (χ3v) is 6.89. The Hall–Kier alpha value is -1.30. The molecule has 0 N–H and O–H groups in total. The van der Waals surface area contributed by atoms with Gasteiger partial charge >= 0.3 is 0 Å². The highest BCUT2D eigenvalue weighted by molar-refractivity contribution is 5.55. The van der Waals surface area contributed by atoms with Crippen LogP contribution in [0.25, 0.3) is 0 Å². The summed E-state index contributed by atoms with van der Waals surface area (Å²) in [5.74, 6) is 0. The minimum atomic E-state index is 0.0913. The van der Waals surface area contributed by atoms with Gasteiger partial charge in [0.05, 0.1) is 0 Å². The van der Waals surface area contributed by atoms with Gasteiger partial charge in [0.15, 0.2) is 0 Å². The van der Waals surface area contributed by atoms with Crippen molar-refractivity contribution in [1.29, 1.82) is 0 Å². The van der Waals surface area contributed by atoms with Gasteiger partial charge in [0.25, 0.3) is 0 Å². The lowest BCUT2D eigenvalue weighted by Gasteiger charge is -2.53. The molecule has 2 saturated carbocycles. The Morgan fingerprint density at radius 2 is 1.70 bits per heavy atom. The molecule has 0 aromatic rings. The van der Waals surface area contributed by atoms with Crippen molar-refractivity contribution < 1.29 is 0 Å². The SMILES string of the molecule is C=C[C@@]12CCC3=CCCC4=CCC[C@](C=C)(C1=C)[C@]43C2. The predicted octanol–water partition coefficient (Wildman–Crippen LogP) is 5.51. The molecule has 4 aliphatic carbocycles. The van der Waals surface area contributed by atoms with E-state index in [9.17, 15) is 0 Å². The molecule has 0 heterocycles. The highest BCUT2D eigenvalue weighted by atomic mass is 14.7. The molecule has 0 radical (unpaired) electrons. The Morgan fingerprint density at radius 1 is 0.950 bits per heavy atom. The molecule has 0 saturated heterocycles. The van der Waals surface area contributed by atoms with Gasteiger partial charge < -0.3 is 0 Å². The molecule has 104 valence electrons. The Balaban J connectivity index is 2.07. The highest BCUT2D eigenvalue weighted by Gasteiger charge is 2.68. The maximum atomic E-state index is 4.59. The van der Waals surface area contributed by atoms with Crippen molar-refractivity contribution in [3.05, 3.63) is 60.8 Å². The first-order chi connectivity index (χ1) is 9.65. The lowest BCUT2D eigenvalue weighted by atomic mass is 9.50. The third kappa shape index (κ3) is 1.05. The molecule has 4 rings (SSSR count). The minimum Gasteiger partial charge on any atom is -0.102 e. The van der Waals surface area contributed by atoms with E-state index in [4.69, 9.17) is 0 Å². The van der Waals surface area contributed by atoms with E-state index in [1.807, 2.05) is 0 Å². The van der Waals surface area contributed by atoms with Crippen LogP contribution in [0.1, 0.15) is 44.9 Å². The summed E-state index contributed by atoms with van der Waals surface area (Å²) in [6.07, 6.45) is 18.0. The third-order valence-electron chi connectivity index (χ3n) is 6.89. The van der Waals surface area contributed by atoms with E-state index in [-0.39, 0.29) is 16.2 Å². The zero-order valence-electron chi connectivity index (χ0n) is 12.4. The summed E-state index contributed by atoms with van der Waals surface area (Å²) >= 11 is 0. The maximum absolute atomic E-state index is 4.59. The van der Waals surface area contributed by atoms with E-state index in [2.05, 4.69) is 44.0 Å². The van der Waals surface area contributed by atoms with E-state index in [1.54, 1.807) is 11.1 Å². The lowest BCUT2D eigenvalue weighted by Crippen LogP contribution is -2.44. The number of rotatable bonds is 2. The molecular weight excluding hydrogens is 240 g/mol. The van der Waals surface area contributed by atoms with Gasteiger partial charge in [-0.1, -0.05) is 47.6 Å². The van der Waals surface area contributed by atoms with Gasteiger partial charge in [0, 0.05) is 16.2 Å². The maximum Gasteiger partial charge on any atom is 0.0260 e. The lowest BCUT2D eigenvalue weighted by molar-refractivity contribution is 0.176. The standard InChI is InChI=1S/C20H24/c1-4-18-13-11-17-9-6-8-16-10-7-12-19(5-2,15(18)3)20(16,17)14-18/h4-5,9-10H,1-3,6-8,11-14H2/t18-,19+,20+/m0/s1. The molecule has 20 heavy (non-hydrogen) atoms. The van der Waals surface area contributed by atoms with Crippen molar-refractivity contribution >= 4 is 0 Å². The van der Waals surface area contributed by atoms with Gasteiger partial charge in [-0.25, -0.2) is 0 Å². The van der Waals surface area contributed by atoms with Crippen LogP contribution in [-0.2, 0) is 0 Å². The smallest absolute Gasteiger partial charge is 0.0260 e. The molecule has 0 unspecified atom stereocenters. The summed E-state index contributed by atoms with van der Waals surface area (Å²) in [6, 6.07) is 0. The summed E-state index contributed by atoms with van der Waals surface area (Å²) in [7, 11) is 0. The van der Waals surface area contributed by atoms with E-state index >= 15 is 0 Å². The van der Waals surface area contributed by atoms with Crippen LogP contribution in [0.5, 0.6) is 0 Å². The summed E-state index contributed by atoms with van der Waals surface area (Å²) in [4.78, 5) is 0. The van der Waals surface area contributed by atoms with E-state index in [0.717, 1.165) is 0 Å². The molecule has 0 aromatic heterocycles. The number of fused-ring (bicyclic) bond motifs is 1. The molecule has 0 heteroatoms. The Morgan fingerprint density at radius 3 is 2.45 bits per heavy atom. The summed E-state index contributed by atoms with van der Waals surface area (Å²) in [5, 5.41) is 0. The first kappa shape index (κ1) is 12.4. The fraction of sp³-hybridized carbons (Fsp3) is 0.500. The normalized spacial score (nSPS) is 45.3. The minimum absolute atomic E-state index is 0.0913. The molecule has 0 aliphatic heterocycles. The van der Waals surface area contributed by atoms with E-state index in [1.165, 1.54) is 50.5 Å². The van der Waals surface area contributed by atoms with Crippen LogP contribution in [-0.4, -0.2) is 0 Å². The second-order valence-electron chi connectivity index (χ2n) is 7.13. The predicted molar refractivity (Wildman–Crippen MR) is 85.3 cm³/mol. The molecule has 1 spiro atoms. The summed E-state index contributed by atoms with van der Waals surface area (Å²) in [6.45, 7) is 13.0. The van der Waals surface area contributed by atoms with Crippen LogP contribution < -0.4 is 0 Å². The van der Waals surface area contributed by atoms with Crippen molar-refractivity contribution in [2.45, 2.75) is 44.9 Å². The zero-order chi connectivity index (χ0) is 14.0. The average Bonchev–Trinajstić information content (AvgIpc) is 2.68. The molecule has 4 aliphatic rings. The summed E-state index contributed by atoms with van der Waals surface area (Å²) < 4.78 is 0. The first-order valence-corrected chi connectivity index (χ1v) is 8.01. The van der Waals surface area contributed by atoms with Crippen LogP contribution in [0.4, 0.5) is 0 Å². The highest BCUT2D eigenvalue weighted by Crippen LogP contribution is 2.78. The second kappa shape index (κ2) is 3.67. The summed E-state index contributed by atoms with van der Waals surface area (Å²) in [5.41, 5.74) is 5.23. The Bertz CT molecular complexity index is 587. The van der Waals surface area contributed by atoms with Crippen LogP contribution >= 0.6 is 0 Å². The Labute approximate surface area is 122 Å². The quantitative estimate of drug-likeness (QED) is 0.577. The fourth-order valence-corrected chi connectivity index (χ4v) is 5.96. The van der Waals surface area contributed by atoms with Gasteiger partial charge in [-0.05, 0) is 44.9 Å². The average molecular weight is 264 g/mol. The van der Waals surface area contributed by atoms with Crippen molar-refractivity contribution in [3.63, 3.8) is 0 Å². The van der Waals surface area contributed by atoms with Crippen molar-refractivity contribution in [1.82, 2.24) is 0 Å². The van der Waals surface area contributed by atoms with Gasteiger partial charge in [0.1, 0.15) is 0 Å². The molecular formula is C20H24. The fourth-order valence-electron chi connectivity index (χ4n) is 5.96. The van der Waals surface area contributed by atoms with Gasteiger partial charge in [0.2, 0.25) is 0 Å². The molecule has 3 atom stereocenters. The first-order valence-electron chi connectivity index (χ1n) is 8.01. The van der Waals surface area contributed by atoms with E-state index in [0.29, 0.717) is 0 Å².